The molecular weight excluding hydrogens is 368 g/mol. The van der Waals surface area contributed by atoms with Gasteiger partial charge in [0.05, 0.1) is 11.2 Å². The van der Waals surface area contributed by atoms with Crippen molar-refractivity contribution in [3.8, 4) is 0 Å². The molecule has 2 N–H and O–H groups in total. The molecule has 1 saturated carbocycles. The van der Waals surface area contributed by atoms with Crippen LogP contribution >= 0.6 is 0 Å². The molecule has 152 valence electrons. The Morgan fingerprint density at radius 3 is 2.62 bits per heavy atom. The zero-order chi connectivity index (χ0) is 20.4. The predicted molar refractivity (Wildman–Crippen MR) is 110 cm³/mol. The minimum Gasteiger partial charge on any atom is -0.338 e. The summed E-state index contributed by atoms with van der Waals surface area (Å²) in [4.78, 5) is 43.9. The van der Waals surface area contributed by atoms with Crippen LogP contribution in [0.3, 0.4) is 0 Å². The number of fused-ring (bicyclic) bond motifs is 1. The molecule has 7 heteroatoms. The van der Waals surface area contributed by atoms with Gasteiger partial charge in [-0.15, -0.1) is 0 Å². The number of nitrogens with one attached hydrogen (secondary N) is 2. The largest absolute Gasteiger partial charge is 0.338 e. The quantitative estimate of drug-likeness (QED) is 0.783. The van der Waals surface area contributed by atoms with Gasteiger partial charge in [-0.05, 0) is 38.3 Å². The van der Waals surface area contributed by atoms with Crippen LogP contribution in [-0.4, -0.2) is 46.2 Å². The summed E-state index contributed by atoms with van der Waals surface area (Å²) in [6.45, 7) is 2.51. The second-order valence-corrected chi connectivity index (χ2v) is 7.92. The van der Waals surface area contributed by atoms with E-state index in [1.54, 1.807) is 12.1 Å². The summed E-state index contributed by atoms with van der Waals surface area (Å²) in [7, 11) is 0. The molecule has 0 unspecified atom stereocenters. The van der Waals surface area contributed by atoms with Crippen molar-refractivity contribution in [3.05, 3.63) is 36.0 Å². The van der Waals surface area contributed by atoms with Crippen LogP contribution in [-0.2, 0) is 14.4 Å². The molecule has 2 fully saturated rings. The van der Waals surface area contributed by atoms with Crippen molar-refractivity contribution in [1.82, 2.24) is 15.2 Å². The predicted octanol–water partition coefficient (Wildman–Crippen LogP) is 2.53. The van der Waals surface area contributed by atoms with E-state index in [1.165, 1.54) is 6.42 Å². The molecule has 1 aromatic heterocycles. The van der Waals surface area contributed by atoms with Gasteiger partial charge in [0.15, 0.2) is 0 Å². The number of hydrogen-bond donors (Lipinski definition) is 2. The fraction of sp³-hybridized carbons (Fsp3) is 0.455. The first-order valence-corrected chi connectivity index (χ1v) is 10.3. The molecule has 1 saturated heterocycles. The average molecular weight is 394 g/mol. The third-order valence-electron chi connectivity index (χ3n) is 5.87. The van der Waals surface area contributed by atoms with Gasteiger partial charge in [-0.2, -0.15) is 0 Å². The molecule has 4 rings (SSSR count). The normalized spacial score (nSPS) is 20.1. The molecule has 1 aliphatic carbocycles. The van der Waals surface area contributed by atoms with Crippen molar-refractivity contribution in [3.63, 3.8) is 0 Å². The molecule has 3 amide bonds. The Hall–Kier alpha value is -2.96. The third kappa shape index (κ3) is 4.09. The molecular formula is C22H26N4O3. The Kier molecular flexibility index (Phi) is 5.47. The van der Waals surface area contributed by atoms with Crippen LogP contribution in [0, 0.1) is 6.92 Å². The molecule has 7 nitrogen and oxygen atoms in total. The van der Waals surface area contributed by atoms with Crippen molar-refractivity contribution in [2.45, 2.75) is 57.5 Å². The van der Waals surface area contributed by atoms with Crippen molar-refractivity contribution in [2.24, 2.45) is 0 Å². The zero-order valence-electron chi connectivity index (χ0n) is 16.6. The van der Waals surface area contributed by atoms with Crippen molar-refractivity contribution in [1.29, 1.82) is 0 Å². The van der Waals surface area contributed by atoms with E-state index >= 15 is 0 Å². The summed E-state index contributed by atoms with van der Waals surface area (Å²) in [6, 6.07) is 8.88. The lowest BCUT2D eigenvalue weighted by molar-refractivity contribution is -0.139. The van der Waals surface area contributed by atoms with E-state index in [2.05, 4.69) is 15.6 Å². The monoisotopic (exact) mass is 394 g/mol. The van der Waals surface area contributed by atoms with Crippen LogP contribution in [0.15, 0.2) is 30.3 Å². The van der Waals surface area contributed by atoms with Gasteiger partial charge in [-0.1, -0.05) is 37.5 Å². The lowest BCUT2D eigenvalue weighted by Crippen LogP contribution is -2.47. The van der Waals surface area contributed by atoms with Gasteiger partial charge in [0.25, 0.3) is 0 Å². The molecule has 29 heavy (non-hydrogen) atoms. The Labute approximate surface area is 169 Å². The van der Waals surface area contributed by atoms with E-state index in [1.807, 2.05) is 30.0 Å². The van der Waals surface area contributed by atoms with Crippen LogP contribution < -0.4 is 10.6 Å². The zero-order valence-corrected chi connectivity index (χ0v) is 16.6. The number of amides is 3. The number of carbonyl (C=O) groups is 3. The molecule has 0 bridgehead atoms. The number of carbonyl (C=O) groups excluding carboxylic acids is 3. The van der Waals surface area contributed by atoms with Gasteiger partial charge in [0.1, 0.15) is 6.04 Å². The van der Waals surface area contributed by atoms with Gasteiger partial charge in [0.2, 0.25) is 5.91 Å². The fourth-order valence-corrected chi connectivity index (χ4v) is 4.34. The van der Waals surface area contributed by atoms with E-state index in [9.17, 15) is 14.4 Å². The summed E-state index contributed by atoms with van der Waals surface area (Å²) < 4.78 is 0. The topological polar surface area (TPSA) is 91.4 Å². The first kappa shape index (κ1) is 19.4. The number of aryl methyl sites for hydroxylation is 1. The van der Waals surface area contributed by atoms with Gasteiger partial charge in [0, 0.05) is 23.7 Å². The number of para-hydroxylation sites is 1. The maximum Gasteiger partial charge on any atom is 0.313 e. The highest BCUT2D eigenvalue weighted by molar-refractivity contribution is 6.40. The number of likely N-dealkylation sites (tertiary alicyclic amines) is 1. The average Bonchev–Trinajstić information content (AvgIpc) is 3.09. The number of hydrogen-bond acceptors (Lipinski definition) is 4. The van der Waals surface area contributed by atoms with Crippen LogP contribution in [0.25, 0.3) is 10.9 Å². The third-order valence-corrected chi connectivity index (χ3v) is 5.87. The Bertz CT molecular complexity index is 952. The van der Waals surface area contributed by atoms with Crippen molar-refractivity contribution in [2.75, 3.05) is 11.9 Å². The highest BCUT2D eigenvalue weighted by atomic mass is 16.2. The summed E-state index contributed by atoms with van der Waals surface area (Å²) in [5.74, 6) is -1.65. The van der Waals surface area contributed by atoms with Gasteiger partial charge < -0.3 is 15.5 Å². The number of rotatable bonds is 3. The molecule has 1 aliphatic heterocycles. The van der Waals surface area contributed by atoms with Gasteiger partial charge in [-0.3, -0.25) is 19.4 Å². The molecule has 1 aromatic carbocycles. The Balaban J connectivity index is 1.40. The SMILES string of the molecule is Cc1ccc2cccc(NC(=O)C(=O)N[C@@H]3CCN(C4CCCCC4)C3=O)c2n1. The summed E-state index contributed by atoms with van der Waals surface area (Å²) in [6.07, 6.45) is 6.12. The van der Waals surface area contributed by atoms with Gasteiger partial charge >= 0.3 is 11.8 Å². The molecule has 2 heterocycles. The summed E-state index contributed by atoms with van der Waals surface area (Å²) >= 11 is 0. The number of benzene rings is 1. The van der Waals surface area contributed by atoms with Crippen LogP contribution in [0.5, 0.6) is 0 Å². The highest BCUT2D eigenvalue weighted by Gasteiger charge is 2.37. The Morgan fingerprint density at radius 2 is 1.83 bits per heavy atom. The van der Waals surface area contributed by atoms with E-state index in [0.717, 1.165) is 36.8 Å². The standard InChI is InChI=1S/C22H26N4O3/c1-14-10-11-15-6-5-9-17(19(15)23-14)24-20(27)21(28)25-18-12-13-26(22(18)29)16-7-3-2-4-8-16/h5-6,9-11,16,18H,2-4,7-8,12-13H2,1H3,(H,24,27)(H,25,28)/t18-/m1/s1. The maximum atomic E-state index is 12.7. The van der Waals surface area contributed by atoms with Gasteiger partial charge in [-0.25, -0.2) is 0 Å². The minimum atomic E-state index is -0.793. The van der Waals surface area contributed by atoms with Crippen LogP contribution in [0.1, 0.15) is 44.2 Å². The molecule has 0 radical (unpaired) electrons. The maximum absolute atomic E-state index is 12.7. The second kappa shape index (κ2) is 8.19. The summed E-state index contributed by atoms with van der Waals surface area (Å²) in [5, 5.41) is 6.13. The van der Waals surface area contributed by atoms with E-state index in [4.69, 9.17) is 0 Å². The van der Waals surface area contributed by atoms with E-state index in [-0.39, 0.29) is 11.9 Å². The highest BCUT2D eigenvalue weighted by Crippen LogP contribution is 2.26. The number of aromatic nitrogens is 1. The van der Waals surface area contributed by atoms with Crippen molar-refractivity contribution < 1.29 is 14.4 Å². The lowest BCUT2D eigenvalue weighted by atomic mass is 9.94. The first-order chi connectivity index (χ1) is 14.0. The number of anilines is 1. The van der Waals surface area contributed by atoms with Crippen LogP contribution in [0.2, 0.25) is 0 Å². The fourth-order valence-electron chi connectivity index (χ4n) is 4.34. The Morgan fingerprint density at radius 1 is 1.03 bits per heavy atom. The molecule has 0 spiro atoms. The second-order valence-electron chi connectivity index (χ2n) is 7.92. The van der Waals surface area contributed by atoms with Crippen molar-refractivity contribution >= 4 is 34.3 Å². The molecule has 2 aliphatic rings. The number of nitrogens with zero attached hydrogens (tertiary/aromatic N) is 2. The van der Waals surface area contributed by atoms with E-state index < -0.39 is 17.9 Å². The molecule has 1 atom stereocenters. The van der Waals surface area contributed by atoms with Crippen LogP contribution in [0.4, 0.5) is 5.69 Å². The minimum absolute atomic E-state index is 0.0690. The lowest BCUT2D eigenvalue weighted by Gasteiger charge is -2.31. The smallest absolute Gasteiger partial charge is 0.313 e. The number of pyridine rings is 1. The first-order valence-electron chi connectivity index (χ1n) is 10.3. The van der Waals surface area contributed by atoms with E-state index in [0.29, 0.717) is 24.2 Å². The summed E-state index contributed by atoms with van der Waals surface area (Å²) in [5.41, 5.74) is 1.94. The molecule has 2 aromatic rings.